The molecular formula is C38H63NO4. The van der Waals surface area contributed by atoms with Gasteiger partial charge in [0.15, 0.2) is 0 Å². The molecule has 10 atom stereocenters. The summed E-state index contributed by atoms with van der Waals surface area (Å²) in [5.41, 5.74) is 1.72. The molecule has 244 valence electrons. The summed E-state index contributed by atoms with van der Waals surface area (Å²) in [6.45, 7) is 20.0. The van der Waals surface area contributed by atoms with Gasteiger partial charge in [0.05, 0.1) is 11.5 Å². The lowest BCUT2D eigenvalue weighted by atomic mass is 9.32. The van der Waals surface area contributed by atoms with Crippen LogP contribution in [-0.2, 0) is 9.59 Å². The van der Waals surface area contributed by atoms with E-state index in [1.807, 2.05) is 0 Å². The van der Waals surface area contributed by atoms with E-state index in [1.165, 1.54) is 31.3 Å². The highest BCUT2D eigenvalue weighted by molar-refractivity contribution is 5.83. The van der Waals surface area contributed by atoms with Gasteiger partial charge in [0, 0.05) is 13.0 Å². The Morgan fingerprint density at radius 1 is 0.791 bits per heavy atom. The summed E-state index contributed by atoms with van der Waals surface area (Å²) >= 11 is 0. The van der Waals surface area contributed by atoms with Crippen molar-refractivity contribution in [3.63, 3.8) is 0 Å². The van der Waals surface area contributed by atoms with Crippen molar-refractivity contribution in [3.8, 4) is 0 Å². The van der Waals surface area contributed by atoms with Crippen molar-refractivity contribution in [2.24, 2.45) is 56.7 Å². The summed E-state index contributed by atoms with van der Waals surface area (Å²) in [4.78, 5) is 25.0. The lowest BCUT2D eigenvalue weighted by molar-refractivity contribution is -0.246. The SMILES string of the molecule is C=C(C)[C@@H]1CC[C@]2(C(=O)NCCCCCCCC(=O)O)CC[C@]3(C)[C@H](CCC4[C@@]5(C)CC[C@H](O)C(C)(C)[C@@H]5CC[C@]43C)[C@@H]12. The van der Waals surface area contributed by atoms with Crippen molar-refractivity contribution in [1.29, 1.82) is 0 Å². The predicted octanol–water partition coefficient (Wildman–Crippen LogP) is 8.55. The van der Waals surface area contributed by atoms with E-state index in [1.54, 1.807) is 0 Å². The number of fused-ring (bicyclic) bond motifs is 7. The first-order chi connectivity index (χ1) is 20.1. The van der Waals surface area contributed by atoms with Crippen molar-refractivity contribution >= 4 is 11.9 Å². The van der Waals surface area contributed by atoms with Crippen LogP contribution >= 0.6 is 0 Å². The van der Waals surface area contributed by atoms with Crippen LogP contribution in [0.5, 0.6) is 0 Å². The minimum atomic E-state index is -0.712. The van der Waals surface area contributed by atoms with Crippen molar-refractivity contribution in [3.05, 3.63) is 12.2 Å². The molecule has 5 nitrogen and oxygen atoms in total. The average Bonchev–Trinajstić information content (AvgIpc) is 3.34. The van der Waals surface area contributed by atoms with Gasteiger partial charge in [0.2, 0.25) is 5.91 Å². The molecule has 0 aromatic carbocycles. The molecule has 5 heteroatoms. The molecule has 0 radical (unpaired) electrons. The molecule has 5 aliphatic carbocycles. The van der Waals surface area contributed by atoms with Crippen LogP contribution in [0.2, 0.25) is 0 Å². The molecule has 0 spiro atoms. The molecule has 0 aromatic rings. The molecule has 5 rings (SSSR count). The van der Waals surface area contributed by atoms with Crippen LogP contribution < -0.4 is 5.32 Å². The molecule has 1 unspecified atom stereocenters. The third-order valence-electron chi connectivity index (χ3n) is 15.4. The number of carboxylic acid groups (broad SMARTS) is 1. The minimum Gasteiger partial charge on any atom is -0.481 e. The number of carboxylic acids is 1. The number of nitrogens with one attached hydrogen (secondary N) is 1. The number of allylic oxidation sites excluding steroid dienone is 1. The number of amides is 1. The molecule has 5 saturated carbocycles. The number of hydrogen-bond acceptors (Lipinski definition) is 3. The first-order valence-corrected chi connectivity index (χ1v) is 18.0. The monoisotopic (exact) mass is 597 g/mol. The molecule has 0 aromatic heterocycles. The number of carbonyl (C=O) groups is 2. The van der Waals surface area contributed by atoms with E-state index < -0.39 is 5.97 Å². The molecule has 0 bridgehead atoms. The van der Waals surface area contributed by atoms with E-state index in [-0.39, 0.29) is 39.6 Å². The molecular weight excluding hydrogens is 534 g/mol. The molecule has 5 aliphatic rings. The van der Waals surface area contributed by atoms with Crippen molar-refractivity contribution in [2.45, 2.75) is 150 Å². The average molecular weight is 598 g/mol. The standard InChI is InChI=1S/C38H63NO4/c1-25(2)26-16-21-38(33(43)39-24-12-10-8-9-11-13-31(41)42)23-22-36(6)27(32(26)38)14-15-29-35(5)19-18-30(40)34(3,4)28(35)17-20-37(29,36)7/h26-30,32,40H,1,8-24H2,2-7H3,(H,39,43)(H,41,42)/t26-,27+,28-,29?,30-,32+,35-,36+,37+,38-/m0/s1. The maximum absolute atomic E-state index is 14.2. The Bertz CT molecular complexity index is 1080. The van der Waals surface area contributed by atoms with Gasteiger partial charge in [-0.1, -0.05) is 66.0 Å². The molecule has 0 heterocycles. The van der Waals surface area contributed by atoms with Crippen LogP contribution in [0.4, 0.5) is 0 Å². The molecule has 5 fully saturated rings. The fraction of sp³-hybridized carbons (Fsp3) is 0.895. The fourth-order valence-corrected chi connectivity index (χ4v) is 12.8. The van der Waals surface area contributed by atoms with E-state index in [2.05, 4.69) is 53.4 Å². The van der Waals surface area contributed by atoms with Gasteiger partial charge >= 0.3 is 5.97 Å². The number of unbranched alkanes of at least 4 members (excludes halogenated alkanes) is 4. The number of rotatable bonds is 10. The van der Waals surface area contributed by atoms with E-state index in [4.69, 9.17) is 5.11 Å². The van der Waals surface area contributed by atoms with Gasteiger partial charge in [-0.3, -0.25) is 9.59 Å². The van der Waals surface area contributed by atoms with Gasteiger partial charge in [0.25, 0.3) is 0 Å². The van der Waals surface area contributed by atoms with Gasteiger partial charge in [-0.2, -0.15) is 0 Å². The van der Waals surface area contributed by atoms with Gasteiger partial charge in [-0.25, -0.2) is 0 Å². The summed E-state index contributed by atoms with van der Waals surface area (Å²) in [6.07, 6.45) is 16.1. The fourth-order valence-electron chi connectivity index (χ4n) is 12.8. The quantitative estimate of drug-likeness (QED) is 0.174. The van der Waals surface area contributed by atoms with Crippen LogP contribution in [0.25, 0.3) is 0 Å². The maximum atomic E-state index is 14.2. The largest absolute Gasteiger partial charge is 0.481 e. The first-order valence-electron chi connectivity index (χ1n) is 18.0. The van der Waals surface area contributed by atoms with Crippen molar-refractivity contribution < 1.29 is 19.8 Å². The van der Waals surface area contributed by atoms with Crippen LogP contribution in [0, 0.1) is 56.7 Å². The van der Waals surface area contributed by atoms with Gasteiger partial charge in [0.1, 0.15) is 0 Å². The Labute approximate surface area is 262 Å². The third-order valence-corrected chi connectivity index (χ3v) is 15.4. The minimum absolute atomic E-state index is 0.0269. The Morgan fingerprint density at radius 3 is 2.19 bits per heavy atom. The number of aliphatic hydroxyl groups excluding tert-OH is 1. The zero-order valence-electron chi connectivity index (χ0n) is 28.4. The lowest BCUT2D eigenvalue weighted by Gasteiger charge is -2.72. The van der Waals surface area contributed by atoms with Crippen LogP contribution in [0.1, 0.15) is 144 Å². The van der Waals surface area contributed by atoms with Crippen LogP contribution in [0.3, 0.4) is 0 Å². The zero-order chi connectivity index (χ0) is 31.4. The second-order valence-electron chi connectivity index (χ2n) is 17.4. The van der Waals surface area contributed by atoms with Crippen molar-refractivity contribution in [1.82, 2.24) is 5.32 Å². The maximum Gasteiger partial charge on any atom is 0.303 e. The number of aliphatic hydroxyl groups is 1. The van der Waals surface area contributed by atoms with E-state index in [9.17, 15) is 14.7 Å². The highest BCUT2D eigenvalue weighted by Crippen LogP contribution is 2.77. The summed E-state index contributed by atoms with van der Waals surface area (Å²) in [6, 6.07) is 0. The summed E-state index contributed by atoms with van der Waals surface area (Å²) in [5.74, 6) is 2.20. The second kappa shape index (κ2) is 11.8. The van der Waals surface area contributed by atoms with Crippen molar-refractivity contribution in [2.75, 3.05) is 6.54 Å². The Hall–Kier alpha value is -1.36. The highest BCUT2D eigenvalue weighted by atomic mass is 16.4. The Morgan fingerprint density at radius 2 is 1.49 bits per heavy atom. The van der Waals surface area contributed by atoms with Crippen LogP contribution in [0.15, 0.2) is 12.2 Å². The number of hydrogen-bond donors (Lipinski definition) is 3. The summed E-state index contributed by atoms with van der Waals surface area (Å²) < 4.78 is 0. The second-order valence-corrected chi connectivity index (χ2v) is 17.4. The van der Waals surface area contributed by atoms with E-state index in [0.717, 1.165) is 77.2 Å². The van der Waals surface area contributed by atoms with Gasteiger partial charge in [-0.15, -0.1) is 0 Å². The first kappa shape index (κ1) is 33.0. The van der Waals surface area contributed by atoms with Crippen LogP contribution in [-0.4, -0.2) is 34.7 Å². The predicted molar refractivity (Wildman–Crippen MR) is 173 cm³/mol. The summed E-state index contributed by atoms with van der Waals surface area (Å²) in [5, 5.41) is 23.3. The molecule has 0 saturated heterocycles. The zero-order valence-corrected chi connectivity index (χ0v) is 28.4. The topological polar surface area (TPSA) is 86.6 Å². The Balaban J connectivity index is 1.34. The number of aliphatic carboxylic acids is 1. The highest BCUT2D eigenvalue weighted by Gasteiger charge is 2.71. The molecule has 43 heavy (non-hydrogen) atoms. The lowest BCUT2D eigenvalue weighted by Crippen LogP contribution is -2.67. The van der Waals surface area contributed by atoms with E-state index >= 15 is 0 Å². The smallest absolute Gasteiger partial charge is 0.303 e. The van der Waals surface area contributed by atoms with Gasteiger partial charge < -0.3 is 15.5 Å². The molecule has 0 aliphatic heterocycles. The molecule has 1 amide bonds. The normalized spacial score (nSPS) is 44.8. The third kappa shape index (κ3) is 5.14. The van der Waals surface area contributed by atoms with Gasteiger partial charge in [-0.05, 0) is 135 Å². The number of carbonyl (C=O) groups excluding carboxylic acids is 1. The molecule has 3 N–H and O–H groups in total. The Kier molecular flexibility index (Phi) is 9.04. The van der Waals surface area contributed by atoms with E-state index in [0.29, 0.717) is 35.5 Å². The summed E-state index contributed by atoms with van der Waals surface area (Å²) in [7, 11) is 0.